The van der Waals surface area contributed by atoms with Crippen LogP contribution in [0, 0.1) is 7.14 Å². The summed E-state index contributed by atoms with van der Waals surface area (Å²) in [7, 11) is 0. The van der Waals surface area contributed by atoms with E-state index in [9.17, 15) is 4.79 Å². The summed E-state index contributed by atoms with van der Waals surface area (Å²) in [5, 5.41) is 8.75. The summed E-state index contributed by atoms with van der Waals surface area (Å²) in [5.41, 5.74) is 3.61. The van der Waals surface area contributed by atoms with Crippen molar-refractivity contribution in [1.29, 1.82) is 0 Å². The molecule has 0 radical (unpaired) electrons. The summed E-state index contributed by atoms with van der Waals surface area (Å²) in [6.45, 7) is -0.332. The molecule has 0 saturated heterocycles. The summed E-state index contributed by atoms with van der Waals surface area (Å²) in [6, 6.07) is 24.8. The molecule has 3 rings (SSSR count). The van der Waals surface area contributed by atoms with Crippen molar-refractivity contribution in [2.24, 2.45) is 0 Å². The lowest BCUT2D eigenvalue weighted by molar-refractivity contribution is -0.139. The Morgan fingerprint density at radius 3 is 2.31 bits per heavy atom. The lowest BCUT2D eigenvalue weighted by Crippen LogP contribution is -2.10. The van der Waals surface area contributed by atoms with Crippen molar-refractivity contribution >= 4 is 68.5 Å². The fourth-order valence-electron chi connectivity index (χ4n) is 2.70. The maximum atomic E-state index is 10.7. The maximum Gasteiger partial charge on any atom is 0.341 e. The standard InChI is InChI=1S/C23H18I2O3S/c24-18-8-6-17(7-9-18)20(16-4-2-1-3-5-16)12-13-29-19-10-11-22(21(25)14-19)28-15-23(26)27/h1-12,14H,13,15H2,(H,26,27)/b20-12-. The van der Waals surface area contributed by atoms with Crippen molar-refractivity contribution < 1.29 is 14.6 Å². The van der Waals surface area contributed by atoms with Crippen molar-refractivity contribution in [2.75, 3.05) is 12.4 Å². The van der Waals surface area contributed by atoms with Crippen molar-refractivity contribution in [3.05, 3.63) is 97.1 Å². The summed E-state index contributed by atoms with van der Waals surface area (Å²) < 4.78 is 7.41. The van der Waals surface area contributed by atoms with Crippen LogP contribution in [0.25, 0.3) is 5.57 Å². The second-order valence-electron chi connectivity index (χ2n) is 6.08. The van der Waals surface area contributed by atoms with E-state index in [4.69, 9.17) is 9.84 Å². The van der Waals surface area contributed by atoms with Crippen LogP contribution in [0.2, 0.25) is 0 Å². The number of benzene rings is 3. The fourth-order valence-corrected chi connectivity index (χ4v) is 4.75. The minimum absolute atomic E-state index is 0.332. The van der Waals surface area contributed by atoms with Gasteiger partial charge in [0.15, 0.2) is 6.61 Å². The number of ether oxygens (including phenoxy) is 1. The molecule has 0 heterocycles. The first-order chi connectivity index (χ1) is 14.0. The van der Waals surface area contributed by atoms with Crippen LogP contribution in [0.15, 0.2) is 83.8 Å². The zero-order valence-corrected chi connectivity index (χ0v) is 20.5. The zero-order valence-electron chi connectivity index (χ0n) is 15.3. The van der Waals surface area contributed by atoms with Gasteiger partial charge >= 0.3 is 5.97 Å². The Bertz CT molecular complexity index is 1000. The second-order valence-corrected chi connectivity index (χ2v) is 9.58. The monoisotopic (exact) mass is 628 g/mol. The van der Waals surface area contributed by atoms with Gasteiger partial charge in [-0.15, -0.1) is 11.8 Å². The molecule has 0 aromatic heterocycles. The molecule has 0 amide bonds. The smallest absolute Gasteiger partial charge is 0.341 e. The van der Waals surface area contributed by atoms with Crippen LogP contribution in [0.1, 0.15) is 11.1 Å². The summed E-state index contributed by atoms with van der Waals surface area (Å²) in [5.74, 6) is 0.437. The van der Waals surface area contributed by atoms with Crippen LogP contribution < -0.4 is 4.74 Å². The van der Waals surface area contributed by atoms with Gasteiger partial charge in [-0.1, -0.05) is 48.5 Å². The molecule has 148 valence electrons. The van der Waals surface area contributed by atoms with E-state index in [1.807, 2.05) is 24.3 Å². The predicted molar refractivity (Wildman–Crippen MR) is 136 cm³/mol. The number of carboxylic acid groups (broad SMARTS) is 1. The molecule has 0 fully saturated rings. The van der Waals surface area contributed by atoms with Crippen LogP contribution >= 0.6 is 56.9 Å². The van der Waals surface area contributed by atoms with Crippen LogP contribution in [-0.4, -0.2) is 23.4 Å². The Labute approximate surface area is 201 Å². The molecular formula is C23H18I2O3S. The molecule has 0 unspecified atom stereocenters. The molecule has 3 nitrogen and oxygen atoms in total. The molecule has 6 heteroatoms. The topological polar surface area (TPSA) is 46.5 Å². The second kappa shape index (κ2) is 11.0. The van der Waals surface area contributed by atoms with Crippen LogP contribution in [0.5, 0.6) is 5.75 Å². The van der Waals surface area contributed by atoms with E-state index in [-0.39, 0.29) is 6.61 Å². The Morgan fingerprint density at radius 2 is 1.66 bits per heavy atom. The first-order valence-electron chi connectivity index (χ1n) is 8.81. The number of halogens is 2. The number of hydrogen-bond acceptors (Lipinski definition) is 3. The van der Waals surface area contributed by atoms with E-state index in [1.54, 1.807) is 11.8 Å². The minimum atomic E-state index is -0.978. The summed E-state index contributed by atoms with van der Waals surface area (Å²) in [4.78, 5) is 11.8. The van der Waals surface area contributed by atoms with Gasteiger partial charge in [0.2, 0.25) is 0 Å². The molecule has 0 bridgehead atoms. The Hall–Kier alpha value is -1.52. The SMILES string of the molecule is O=C(O)COc1ccc(SC/C=C(/c2ccccc2)c2ccc(I)cc2)cc1I. The average Bonchev–Trinajstić information content (AvgIpc) is 2.72. The van der Waals surface area contributed by atoms with Gasteiger partial charge in [-0.25, -0.2) is 4.79 Å². The molecule has 0 atom stereocenters. The van der Waals surface area contributed by atoms with Crippen LogP contribution in [0.4, 0.5) is 0 Å². The van der Waals surface area contributed by atoms with Crippen LogP contribution in [0.3, 0.4) is 0 Å². The van der Waals surface area contributed by atoms with Crippen molar-refractivity contribution in [3.8, 4) is 5.75 Å². The van der Waals surface area contributed by atoms with E-state index >= 15 is 0 Å². The largest absolute Gasteiger partial charge is 0.481 e. The lowest BCUT2D eigenvalue weighted by Gasteiger charge is -2.10. The Kier molecular flexibility index (Phi) is 8.43. The van der Waals surface area contributed by atoms with Crippen molar-refractivity contribution in [3.63, 3.8) is 0 Å². The number of thioether (sulfide) groups is 1. The normalized spacial score (nSPS) is 11.3. The molecular weight excluding hydrogens is 610 g/mol. The number of carbonyl (C=O) groups is 1. The molecule has 0 aliphatic carbocycles. The number of hydrogen-bond donors (Lipinski definition) is 1. The molecule has 0 saturated carbocycles. The third-order valence-electron chi connectivity index (χ3n) is 4.03. The summed E-state index contributed by atoms with van der Waals surface area (Å²) >= 11 is 6.23. The number of rotatable bonds is 8. The molecule has 3 aromatic carbocycles. The van der Waals surface area contributed by atoms with Gasteiger partial charge in [0.25, 0.3) is 0 Å². The number of aliphatic carboxylic acids is 1. The highest BCUT2D eigenvalue weighted by Crippen LogP contribution is 2.29. The fraction of sp³-hybridized carbons (Fsp3) is 0.0870. The van der Waals surface area contributed by atoms with Gasteiger partial charge in [-0.3, -0.25) is 0 Å². The average molecular weight is 628 g/mol. The Balaban J connectivity index is 1.75. The van der Waals surface area contributed by atoms with Gasteiger partial charge in [0.05, 0.1) is 3.57 Å². The van der Waals surface area contributed by atoms with E-state index < -0.39 is 5.97 Å². The first kappa shape index (κ1) is 22.2. The summed E-state index contributed by atoms with van der Waals surface area (Å²) in [6.07, 6.45) is 2.25. The van der Waals surface area contributed by atoms with Crippen molar-refractivity contribution in [1.82, 2.24) is 0 Å². The molecule has 0 spiro atoms. The van der Waals surface area contributed by atoms with Gasteiger partial charge in [0.1, 0.15) is 5.75 Å². The number of carboxylic acids is 1. The Morgan fingerprint density at radius 1 is 0.966 bits per heavy atom. The van der Waals surface area contributed by atoms with E-state index in [0.717, 1.165) is 14.2 Å². The predicted octanol–water partition coefficient (Wildman–Crippen LogP) is 6.58. The van der Waals surface area contributed by atoms with Crippen molar-refractivity contribution in [2.45, 2.75) is 4.90 Å². The highest BCUT2D eigenvalue weighted by molar-refractivity contribution is 14.1. The maximum absolute atomic E-state index is 10.7. The molecule has 0 aliphatic rings. The molecule has 29 heavy (non-hydrogen) atoms. The quantitative estimate of drug-likeness (QED) is 0.226. The van der Waals surface area contributed by atoms with E-state index in [0.29, 0.717) is 5.75 Å². The minimum Gasteiger partial charge on any atom is -0.481 e. The van der Waals surface area contributed by atoms with Gasteiger partial charge in [-0.05, 0) is 92.2 Å². The van der Waals surface area contributed by atoms with Crippen LogP contribution in [-0.2, 0) is 4.79 Å². The lowest BCUT2D eigenvalue weighted by atomic mass is 9.98. The third kappa shape index (κ3) is 6.75. The first-order valence-corrected chi connectivity index (χ1v) is 12.0. The third-order valence-corrected chi connectivity index (χ3v) is 6.51. The molecule has 3 aromatic rings. The molecule has 1 N–H and O–H groups in total. The van der Waals surface area contributed by atoms with Gasteiger partial charge in [-0.2, -0.15) is 0 Å². The molecule has 0 aliphatic heterocycles. The van der Waals surface area contributed by atoms with E-state index in [2.05, 4.69) is 99.8 Å². The van der Waals surface area contributed by atoms with E-state index in [1.165, 1.54) is 20.3 Å². The zero-order chi connectivity index (χ0) is 20.6. The highest BCUT2D eigenvalue weighted by Gasteiger charge is 2.07. The van der Waals surface area contributed by atoms with Gasteiger partial charge < -0.3 is 9.84 Å². The van der Waals surface area contributed by atoms with Gasteiger partial charge in [0, 0.05) is 14.2 Å². The highest BCUT2D eigenvalue weighted by atomic mass is 127.